The highest BCUT2D eigenvalue weighted by molar-refractivity contribution is 5.79. The number of ether oxygens (including phenoxy) is 3. The molecule has 2 aromatic rings. The van der Waals surface area contributed by atoms with Crippen LogP contribution in [-0.4, -0.2) is 66.9 Å². The number of likely N-dealkylation sites (tertiary alicyclic amines) is 1. The van der Waals surface area contributed by atoms with Crippen molar-refractivity contribution in [3.63, 3.8) is 0 Å². The van der Waals surface area contributed by atoms with E-state index in [-0.39, 0.29) is 25.0 Å². The van der Waals surface area contributed by atoms with Gasteiger partial charge < -0.3 is 24.2 Å². The topological polar surface area (TPSA) is 88.5 Å². The lowest BCUT2D eigenvalue weighted by Gasteiger charge is -2.30. The normalized spacial score (nSPS) is 20.5. The van der Waals surface area contributed by atoms with Crippen LogP contribution in [0.5, 0.6) is 17.2 Å². The molecule has 0 bridgehead atoms. The molecule has 2 heterocycles. The van der Waals surface area contributed by atoms with Gasteiger partial charge in [-0.05, 0) is 48.2 Å². The Balaban J connectivity index is 1.70. The average Bonchev–Trinajstić information content (AvgIpc) is 3.53. The number of aliphatic carboxylic acids is 1. The van der Waals surface area contributed by atoms with E-state index in [1.54, 1.807) is 12.1 Å². The van der Waals surface area contributed by atoms with Gasteiger partial charge in [0, 0.05) is 31.6 Å². The van der Waals surface area contributed by atoms with Crippen LogP contribution in [0.1, 0.15) is 62.6 Å². The summed E-state index contributed by atoms with van der Waals surface area (Å²) in [4.78, 5) is 30.1. The number of halogens is 1. The molecule has 2 aromatic carbocycles. The second-order valence-electron chi connectivity index (χ2n) is 9.94. The predicted molar refractivity (Wildman–Crippen MR) is 140 cm³/mol. The van der Waals surface area contributed by atoms with Gasteiger partial charge in [0.2, 0.25) is 12.7 Å². The third-order valence-electron chi connectivity index (χ3n) is 7.48. The average molecular weight is 529 g/mol. The van der Waals surface area contributed by atoms with Crippen LogP contribution in [0.15, 0.2) is 36.4 Å². The number of hydrogen-bond donors (Lipinski definition) is 1. The largest absolute Gasteiger partial charge is 0.494 e. The first-order valence-electron chi connectivity index (χ1n) is 13.4. The maximum absolute atomic E-state index is 14.8. The van der Waals surface area contributed by atoms with Gasteiger partial charge in [-0.25, -0.2) is 4.39 Å². The highest BCUT2D eigenvalue weighted by atomic mass is 19.1. The number of benzene rings is 2. The summed E-state index contributed by atoms with van der Waals surface area (Å²) in [5.74, 6) is -1.70. The van der Waals surface area contributed by atoms with Crippen molar-refractivity contribution in [3.05, 3.63) is 53.3 Å². The number of carboxylic acids is 1. The molecule has 2 aliphatic rings. The number of rotatable bonds is 12. The Morgan fingerprint density at radius 1 is 1.05 bits per heavy atom. The zero-order valence-corrected chi connectivity index (χ0v) is 22.3. The summed E-state index contributed by atoms with van der Waals surface area (Å²) >= 11 is 0. The maximum Gasteiger partial charge on any atom is 0.309 e. The van der Waals surface area contributed by atoms with E-state index in [4.69, 9.17) is 14.2 Å². The van der Waals surface area contributed by atoms with E-state index in [1.165, 1.54) is 19.2 Å². The molecule has 0 radical (unpaired) electrons. The number of hydrogen-bond acceptors (Lipinski definition) is 6. The van der Waals surface area contributed by atoms with E-state index in [2.05, 4.69) is 13.8 Å². The number of amides is 1. The van der Waals surface area contributed by atoms with Crippen molar-refractivity contribution >= 4 is 11.9 Å². The van der Waals surface area contributed by atoms with E-state index < -0.39 is 29.7 Å². The lowest BCUT2D eigenvalue weighted by Crippen LogP contribution is -2.42. The van der Waals surface area contributed by atoms with Crippen molar-refractivity contribution in [1.29, 1.82) is 0 Å². The fraction of sp³-hybridized carbons (Fsp3) is 0.517. The molecule has 1 fully saturated rings. The summed E-state index contributed by atoms with van der Waals surface area (Å²) in [6, 6.07) is 9.26. The lowest BCUT2D eigenvalue weighted by atomic mass is 9.82. The summed E-state index contributed by atoms with van der Waals surface area (Å²) in [5.41, 5.74) is 1.28. The molecule has 8 nitrogen and oxygen atoms in total. The van der Waals surface area contributed by atoms with E-state index in [1.807, 2.05) is 21.9 Å². The van der Waals surface area contributed by atoms with Crippen LogP contribution in [0, 0.1) is 11.7 Å². The number of carboxylic acid groups (broad SMARTS) is 1. The Hall–Kier alpha value is -3.33. The number of carbonyl (C=O) groups excluding carboxylic acids is 1. The van der Waals surface area contributed by atoms with Crippen molar-refractivity contribution in [1.82, 2.24) is 9.80 Å². The molecular formula is C29H37FN2O6. The smallest absolute Gasteiger partial charge is 0.309 e. The molecule has 0 unspecified atom stereocenters. The second kappa shape index (κ2) is 12.5. The van der Waals surface area contributed by atoms with Crippen LogP contribution in [0.4, 0.5) is 4.39 Å². The van der Waals surface area contributed by atoms with Gasteiger partial charge in [-0.15, -0.1) is 0 Å². The molecule has 1 saturated heterocycles. The van der Waals surface area contributed by atoms with Crippen LogP contribution in [0.25, 0.3) is 0 Å². The number of unbranched alkanes of at least 4 members (excludes halogenated alkanes) is 2. The minimum absolute atomic E-state index is 0.0404. The van der Waals surface area contributed by atoms with Crippen molar-refractivity contribution in [2.45, 2.75) is 51.5 Å². The third kappa shape index (κ3) is 5.88. The van der Waals surface area contributed by atoms with Crippen molar-refractivity contribution < 1.29 is 33.3 Å². The zero-order chi connectivity index (χ0) is 27.2. The van der Waals surface area contributed by atoms with Crippen LogP contribution < -0.4 is 14.2 Å². The van der Waals surface area contributed by atoms with Gasteiger partial charge in [-0.1, -0.05) is 38.8 Å². The van der Waals surface area contributed by atoms with Gasteiger partial charge in [-0.2, -0.15) is 0 Å². The highest BCUT2D eigenvalue weighted by Gasteiger charge is 2.48. The Bertz CT molecular complexity index is 1130. The summed E-state index contributed by atoms with van der Waals surface area (Å²) in [6.45, 7) is 6.01. The van der Waals surface area contributed by atoms with Crippen LogP contribution in [0.2, 0.25) is 0 Å². The number of methoxy groups -OCH3 is 1. The fourth-order valence-corrected chi connectivity index (χ4v) is 5.47. The van der Waals surface area contributed by atoms with Crippen molar-refractivity contribution in [2.24, 2.45) is 5.92 Å². The molecule has 0 aliphatic carbocycles. The standard InChI is InChI=1S/C29H37FN2O6/c1-4-6-12-31(13-7-5-2)26(33)17-32-16-21(19-8-11-24-25(15-19)38-18-37-24)27(29(34)35)28(32)20-9-10-23(36-3)22(30)14-20/h8-11,14-15,21,27-28H,4-7,12-13,16-18H2,1-3H3,(H,34,35)/t21-,27-,28+/m0/s1. The molecule has 38 heavy (non-hydrogen) atoms. The molecule has 2 aliphatic heterocycles. The summed E-state index contributed by atoms with van der Waals surface area (Å²) < 4.78 is 30.8. The lowest BCUT2D eigenvalue weighted by molar-refractivity contribution is -0.144. The highest BCUT2D eigenvalue weighted by Crippen LogP contribution is 2.48. The van der Waals surface area contributed by atoms with E-state index in [0.29, 0.717) is 36.7 Å². The molecule has 4 rings (SSSR count). The van der Waals surface area contributed by atoms with Gasteiger partial charge in [0.1, 0.15) is 0 Å². The summed E-state index contributed by atoms with van der Waals surface area (Å²) in [7, 11) is 1.38. The number of nitrogens with zero attached hydrogens (tertiary/aromatic N) is 2. The fourth-order valence-electron chi connectivity index (χ4n) is 5.47. The molecule has 206 valence electrons. The Morgan fingerprint density at radius 2 is 1.74 bits per heavy atom. The first-order chi connectivity index (χ1) is 18.4. The summed E-state index contributed by atoms with van der Waals surface area (Å²) in [5, 5.41) is 10.4. The van der Waals surface area contributed by atoms with Crippen molar-refractivity contribution in [2.75, 3.05) is 40.1 Å². The minimum atomic E-state index is -1.00. The third-order valence-corrected chi connectivity index (χ3v) is 7.48. The Labute approximate surface area is 223 Å². The maximum atomic E-state index is 14.8. The minimum Gasteiger partial charge on any atom is -0.494 e. The molecule has 1 amide bonds. The zero-order valence-electron chi connectivity index (χ0n) is 22.3. The van der Waals surface area contributed by atoms with Gasteiger partial charge in [0.15, 0.2) is 23.1 Å². The molecular weight excluding hydrogens is 491 g/mol. The van der Waals surface area contributed by atoms with Crippen LogP contribution >= 0.6 is 0 Å². The summed E-state index contributed by atoms with van der Waals surface area (Å²) in [6.07, 6.45) is 3.75. The number of fused-ring (bicyclic) bond motifs is 1. The van der Waals surface area contributed by atoms with E-state index in [9.17, 15) is 19.1 Å². The molecule has 0 aromatic heterocycles. The van der Waals surface area contributed by atoms with Gasteiger partial charge in [-0.3, -0.25) is 14.5 Å². The molecule has 3 atom stereocenters. The molecule has 0 spiro atoms. The van der Waals surface area contributed by atoms with Crippen molar-refractivity contribution in [3.8, 4) is 17.2 Å². The van der Waals surface area contributed by atoms with Crippen LogP contribution in [-0.2, 0) is 9.59 Å². The first-order valence-corrected chi connectivity index (χ1v) is 13.4. The van der Waals surface area contributed by atoms with Crippen LogP contribution in [0.3, 0.4) is 0 Å². The first kappa shape index (κ1) is 27.7. The monoisotopic (exact) mass is 528 g/mol. The Kier molecular flexibility index (Phi) is 9.09. The SMILES string of the molecule is CCCCN(CCCC)C(=O)CN1C[C@@H](c2ccc3c(c2)OCO3)[C@H](C(=O)O)[C@H]1c1ccc(OC)c(F)c1. The Morgan fingerprint density at radius 3 is 2.37 bits per heavy atom. The molecule has 0 saturated carbocycles. The number of carbonyl (C=O) groups is 2. The molecule has 9 heteroatoms. The second-order valence-corrected chi connectivity index (χ2v) is 9.94. The van der Waals surface area contributed by atoms with Gasteiger partial charge in [0.25, 0.3) is 0 Å². The predicted octanol–water partition coefficient (Wildman–Crippen LogP) is 4.83. The van der Waals surface area contributed by atoms with Gasteiger partial charge >= 0.3 is 5.97 Å². The van der Waals surface area contributed by atoms with Gasteiger partial charge in [0.05, 0.1) is 19.6 Å². The molecule has 1 N–H and O–H groups in total. The quantitative estimate of drug-likeness (QED) is 0.422. The van der Waals surface area contributed by atoms with E-state index in [0.717, 1.165) is 31.2 Å². The van der Waals surface area contributed by atoms with E-state index >= 15 is 0 Å².